The summed E-state index contributed by atoms with van der Waals surface area (Å²) in [5, 5.41) is 20.7. The highest BCUT2D eigenvalue weighted by Gasteiger charge is 2.21. The van der Waals surface area contributed by atoms with E-state index in [-0.39, 0.29) is 18.2 Å². The molecule has 2 aromatic heterocycles. The van der Waals surface area contributed by atoms with Gasteiger partial charge in [0.1, 0.15) is 5.58 Å². The first kappa shape index (κ1) is 25.6. The zero-order valence-corrected chi connectivity index (χ0v) is 21.2. The summed E-state index contributed by atoms with van der Waals surface area (Å²) in [5.41, 5.74) is 5.62. The molecule has 0 unspecified atom stereocenters. The highest BCUT2D eigenvalue weighted by molar-refractivity contribution is 5.96. The van der Waals surface area contributed by atoms with Crippen molar-refractivity contribution < 1.29 is 14.3 Å². The number of carboxylic acid groups (broad SMARTS) is 1. The lowest BCUT2D eigenvalue weighted by atomic mass is 10.0. The van der Waals surface area contributed by atoms with Crippen molar-refractivity contribution in [2.24, 2.45) is 0 Å². The van der Waals surface area contributed by atoms with Crippen molar-refractivity contribution in [2.45, 2.75) is 32.6 Å². The number of anilines is 1. The summed E-state index contributed by atoms with van der Waals surface area (Å²) < 4.78 is 5.59. The molecule has 8 heteroatoms. The fourth-order valence-electron chi connectivity index (χ4n) is 5.19. The number of hydrogen-bond donors (Lipinski definition) is 2. The van der Waals surface area contributed by atoms with Crippen LogP contribution in [0.1, 0.15) is 47.0 Å². The minimum absolute atomic E-state index is 0. The second kappa shape index (κ2) is 11.1. The Kier molecular flexibility index (Phi) is 7.88. The fourth-order valence-corrected chi connectivity index (χ4v) is 5.19. The molecule has 2 N–H and O–H groups in total. The molecule has 0 spiro atoms. The van der Waals surface area contributed by atoms with Crippen LogP contribution in [0.15, 0.2) is 47.0 Å². The van der Waals surface area contributed by atoms with Crippen molar-refractivity contribution in [1.29, 1.82) is 5.26 Å². The van der Waals surface area contributed by atoms with E-state index in [1.165, 1.54) is 5.56 Å². The van der Waals surface area contributed by atoms with Gasteiger partial charge in [-0.25, -0.2) is 4.79 Å². The number of aryl methyl sites for hydroxylation is 2. The molecule has 0 amide bonds. The van der Waals surface area contributed by atoms with Crippen molar-refractivity contribution in [3.8, 4) is 6.07 Å². The van der Waals surface area contributed by atoms with Gasteiger partial charge < -0.3 is 19.4 Å². The standard InChI is InChI=1S/C28H30N4O3.ClH/c1-2-22-24-16-21(7-9-26(24)35-27(22)28(33)34)32-13-11-31(12-14-32)10-4-3-5-20-18-30-25-8-6-19(17-29)15-23(20)25;/h6-9,15-16,18,30H,2-5,10-14H2,1H3,(H,33,34);1H. The molecule has 7 nitrogen and oxygen atoms in total. The maximum atomic E-state index is 11.5. The van der Waals surface area contributed by atoms with Crippen LogP contribution in [0.25, 0.3) is 21.9 Å². The van der Waals surface area contributed by atoms with Crippen LogP contribution in [-0.4, -0.2) is 53.7 Å². The predicted molar refractivity (Wildman–Crippen MR) is 144 cm³/mol. The molecule has 5 rings (SSSR count). The predicted octanol–water partition coefficient (Wildman–Crippen LogP) is 5.61. The molecule has 0 saturated carbocycles. The van der Waals surface area contributed by atoms with Gasteiger partial charge in [-0.3, -0.25) is 4.90 Å². The summed E-state index contributed by atoms with van der Waals surface area (Å²) in [6.45, 7) is 6.99. The van der Waals surface area contributed by atoms with E-state index in [1.807, 2.05) is 37.3 Å². The molecule has 0 atom stereocenters. The Morgan fingerprint density at radius 2 is 1.92 bits per heavy atom. The number of nitrogens with one attached hydrogen (secondary N) is 1. The van der Waals surface area contributed by atoms with Crippen molar-refractivity contribution >= 4 is 45.9 Å². The summed E-state index contributed by atoms with van der Waals surface area (Å²) in [4.78, 5) is 19.7. The zero-order valence-electron chi connectivity index (χ0n) is 20.4. The third-order valence-electron chi connectivity index (χ3n) is 7.13. The van der Waals surface area contributed by atoms with Gasteiger partial charge in [0.05, 0.1) is 11.6 Å². The first-order chi connectivity index (χ1) is 17.1. The maximum absolute atomic E-state index is 11.5. The molecule has 0 aliphatic carbocycles. The molecule has 0 bridgehead atoms. The average Bonchev–Trinajstić information content (AvgIpc) is 3.47. The number of aromatic carboxylic acids is 1. The number of hydrogen-bond acceptors (Lipinski definition) is 5. The van der Waals surface area contributed by atoms with Crippen LogP contribution in [0.2, 0.25) is 0 Å². The number of carbonyl (C=O) groups is 1. The number of carboxylic acids is 1. The zero-order chi connectivity index (χ0) is 24.4. The van der Waals surface area contributed by atoms with Crippen LogP contribution in [0, 0.1) is 11.3 Å². The Bertz CT molecular complexity index is 1410. The average molecular weight is 507 g/mol. The van der Waals surface area contributed by atoms with Gasteiger partial charge in [-0.2, -0.15) is 5.26 Å². The molecule has 3 heterocycles. The summed E-state index contributed by atoms with van der Waals surface area (Å²) in [6.07, 6.45) is 5.97. The Balaban J connectivity index is 0.00000304. The van der Waals surface area contributed by atoms with Gasteiger partial charge in [0, 0.05) is 59.9 Å². The molecular formula is C28H31ClN4O3. The van der Waals surface area contributed by atoms with Gasteiger partial charge in [0.25, 0.3) is 0 Å². The van der Waals surface area contributed by atoms with Gasteiger partial charge in [-0.15, -0.1) is 12.4 Å². The second-order valence-corrected chi connectivity index (χ2v) is 9.22. The fraction of sp³-hybridized carbons (Fsp3) is 0.357. The number of unbranched alkanes of at least 4 members (excludes halogenated alkanes) is 1. The molecular weight excluding hydrogens is 476 g/mol. The summed E-state index contributed by atoms with van der Waals surface area (Å²) >= 11 is 0. The topological polar surface area (TPSA) is 96.5 Å². The van der Waals surface area contributed by atoms with Crippen LogP contribution < -0.4 is 4.90 Å². The first-order valence-electron chi connectivity index (χ1n) is 12.3. The Labute approximate surface area is 216 Å². The van der Waals surface area contributed by atoms with Gasteiger partial charge in [0.2, 0.25) is 5.76 Å². The van der Waals surface area contributed by atoms with E-state index in [1.54, 1.807) is 0 Å². The van der Waals surface area contributed by atoms with Crippen molar-refractivity contribution in [3.63, 3.8) is 0 Å². The van der Waals surface area contributed by atoms with E-state index in [0.717, 1.165) is 79.5 Å². The van der Waals surface area contributed by atoms with E-state index in [0.29, 0.717) is 17.6 Å². The maximum Gasteiger partial charge on any atom is 0.372 e. The highest BCUT2D eigenvalue weighted by Crippen LogP contribution is 2.31. The number of furan rings is 1. The first-order valence-corrected chi connectivity index (χ1v) is 12.3. The third kappa shape index (κ3) is 5.06. The van der Waals surface area contributed by atoms with E-state index in [2.05, 4.69) is 33.1 Å². The number of aromatic nitrogens is 1. The highest BCUT2D eigenvalue weighted by atomic mass is 35.5. The molecule has 1 fully saturated rings. The Morgan fingerprint density at radius 3 is 2.64 bits per heavy atom. The number of aromatic amines is 1. The lowest BCUT2D eigenvalue weighted by Crippen LogP contribution is -2.46. The number of piperazine rings is 1. The van der Waals surface area contributed by atoms with E-state index >= 15 is 0 Å². The normalized spacial score (nSPS) is 14.2. The lowest BCUT2D eigenvalue weighted by molar-refractivity contribution is 0.0663. The number of nitriles is 1. The van der Waals surface area contributed by atoms with Crippen molar-refractivity contribution in [1.82, 2.24) is 9.88 Å². The SMILES string of the molecule is CCc1c(C(=O)O)oc2ccc(N3CCN(CCCCc4c[nH]c5ccc(C#N)cc45)CC3)cc12.Cl. The van der Waals surface area contributed by atoms with Crippen LogP contribution in [-0.2, 0) is 12.8 Å². The molecule has 2 aromatic carbocycles. The number of rotatable bonds is 8. The van der Waals surface area contributed by atoms with Crippen molar-refractivity contribution in [3.05, 3.63) is 65.0 Å². The Morgan fingerprint density at radius 1 is 1.11 bits per heavy atom. The second-order valence-electron chi connectivity index (χ2n) is 9.22. The number of fused-ring (bicyclic) bond motifs is 2. The van der Waals surface area contributed by atoms with Crippen LogP contribution >= 0.6 is 12.4 Å². The van der Waals surface area contributed by atoms with Gasteiger partial charge in [-0.1, -0.05) is 6.92 Å². The summed E-state index contributed by atoms with van der Waals surface area (Å²) in [7, 11) is 0. The number of halogens is 1. The minimum atomic E-state index is -1.01. The lowest BCUT2D eigenvalue weighted by Gasteiger charge is -2.36. The van der Waals surface area contributed by atoms with Crippen LogP contribution in [0.5, 0.6) is 0 Å². The smallest absolute Gasteiger partial charge is 0.372 e. The molecule has 188 valence electrons. The van der Waals surface area contributed by atoms with E-state index in [4.69, 9.17) is 4.42 Å². The molecule has 4 aromatic rings. The monoisotopic (exact) mass is 506 g/mol. The minimum Gasteiger partial charge on any atom is -0.475 e. The van der Waals surface area contributed by atoms with E-state index < -0.39 is 5.97 Å². The number of benzene rings is 2. The van der Waals surface area contributed by atoms with Gasteiger partial charge >= 0.3 is 5.97 Å². The summed E-state index contributed by atoms with van der Waals surface area (Å²) in [5.74, 6) is -0.951. The number of nitrogens with zero attached hydrogens (tertiary/aromatic N) is 3. The van der Waals surface area contributed by atoms with Crippen LogP contribution in [0.3, 0.4) is 0 Å². The molecule has 1 aliphatic heterocycles. The largest absolute Gasteiger partial charge is 0.475 e. The Hall–Kier alpha value is -3.47. The molecule has 36 heavy (non-hydrogen) atoms. The summed E-state index contributed by atoms with van der Waals surface area (Å²) in [6, 6.07) is 14.1. The quantitative estimate of drug-likeness (QED) is 0.301. The van der Waals surface area contributed by atoms with Gasteiger partial charge in [-0.05, 0) is 74.2 Å². The van der Waals surface area contributed by atoms with E-state index in [9.17, 15) is 15.2 Å². The van der Waals surface area contributed by atoms with Crippen molar-refractivity contribution in [2.75, 3.05) is 37.6 Å². The van der Waals surface area contributed by atoms with Gasteiger partial charge in [0.15, 0.2) is 0 Å². The molecule has 1 aliphatic rings. The van der Waals surface area contributed by atoms with Crippen LogP contribution in [0.4, 0.5) is 5.69 Å². The molecule has 0 radical (unpaired) electrons. The third-order valence-corrected chi connectivity index (χ3v) is 7.13. The number of H-pyrrole nitrogens is 1. The molecule has 1 saturated heterocycles.